The molecule has 4 heteroatoms. The van der Waals surface area contributed by atoms with Crippen LogP contribution in [-0.4, -0.2) is 48.0 Å². The van der Waals surface area contributed by atoms with Crippen LogP contribution in [-0.2, 0) is 4.79 Å². The SMILES string of the molecule is CCC(CSC)N(C)C(=O)C1(CC)CCCN1. The standard InChI is InChI=1S/C13H26N2OS/c1-5-11(10-17-4)15(3)12(16)13(6-2)8-7-9-14-13/h11,14H,5-10H2,1-4H3. The van der Waals surface area contributed by atoms with E-state index in [1.165, 1.54) is 0 Å². The number of nitrogens with zero attached hydrogens (tertiary/aromatic N) is 1. The van der Waals surface area contributed by atoms with E-state index < -0.39 is 0 Å². The van der Waals surface area contributed by atoms with Crippen molar-refractivity contribution in [3.8, 4) is 0 Å². The van der Waals surface area contributed by atoms with E-state index in [2.05, 4.69) is 25.4 Å². The summed E-state index contributed by atoms with van der Waals surface area (Å²) < 4.78 is 0. The fraction of sp³-hybridized carbons (Fsp3) is 0.923. The Morgan fingerprint density at radius 2 is 2.24 bits per heavy atom. The van der Waals surface area contributed by atoms with Crippen LogP contribution in [0.15, 0.2) is 0 Å². The molecule has 0 saturated carbocycles. The van der Waals surface area contributed by atoms with Gasteiger partial charge in [0.25, 0.3) is 0 Å². The quantitative estimate of drug-likeness (QED) is 0.792. The summed E-state index contributed by atoms with van der Waals surface area (Å²) in [4.78, 5) is 14.6. The number of carbonyl (C=O) groups excluding carboxylic acids is 1. The minimum Gasteiger partial charge on any atom is -0.340 e. The zero-order valence-corrected chi connectivity index (χ0v) is 12.4. The molecule has 0 bridgehead atoms. The van der Waals surface area contributed by atoms with Crippen molar-refractivity contribution < 1.29 is 4.79 Å². The van der Waals surface area contributed by atoms with Crippen LogP contribution in [0.3, 0.4) is 0 Å². The molecule has 0 aliphatic carbocycles. The first-order valence-corrected chi connectivity index (χ1v) is 8.02. The predicted molar refractivity (Wildman–Crippen MR) is 75.5 cm³/mol. The monoisotopic (exact) mass is 258 g/mol. The molecule has 2 atom stereocenters. The maximum Gasteiger partial charge on any atom is 0.242 e. The van der Waals surface area contributed by atoms with E-state index >= 15 is 0 Å². The average molecular weight is 258 g/mol. The summed E-state index contributed by atoms with van der Waals surface area (Å²) in [5.74, 6) is 1.32. The van der Waals surface area contributed by atoms with Crippen LogP contribution in [0.2, 0.25) is 0 Å². The average Bonchev–Trinajstić information content (AvgIpc) is 2.84. The third-order valence-electron chi connectivity index (χ3n) is 3.96. The van der Waals surface area contributed by atoms with Crippen molar-refractivity contribution >= 4 is 17.7 Å². The first-order chi connectivity index (χ1) is 8.11. The molecule has 1 N–H and O–H groups in total. The Morgan fingerprint density at radius 3 is 2.65 bits per heavy atom. The summed E-state index contributed by atoms with van der Waals surface area (Å²) in [5.41, 5.74) is -0.277. The summed E-state index contributed by atoms with van der Waals surface area (Å²) in [6, 6.07) is 0.364. The molecule has 1 heterocycles. The maximum absolute atomic E-state index is 12.6. The predicted octanol–water partition coefficient (Wildman–Crippen LogP) is 2.12. The second-order valence-electron chi connectivity index (χ2n) is 4.90. The van der Waals surface area contributed by atoms with E-state index in [0.717, 1.165) is 38.0 Å². The zero-order chi connectivity index (χ0) is 12.9. The van der Waals surface area contributed by atoms with Gasteiger partial charge >= 0.3 is 0 Å². The first kappa shape index (κ1) is 14.8. The van der Waals surface area contributed by atoms with E-state index in [1.54, 1.807) is 0 Å². The molecule has 17 heavy (non-hydrogen) atoms. The van der Waals surface area contributed by atoms with Gasteiger partial charge in [0, 0.05) is 18.8 Å². The Balaban J connectivity index is 2.72. The van der Waals surface area contributed by atoms with Crippen molar-refractivity contribution in [1.82, 2.24) is 10.2 Å². The van der Waals surface area contributed by atoms with Gasteiger partial charge in [-0.2, -0.15) is 11.8 Å². The lowest BCUT2D eigenvalue weighted by Gasteiger charge is -2.36. The summed E-state index contributed by atoms with van der Waals surface area (Å²) in [6.07, 6.45) is 6.13. The van der Waals surface area contributed by atoms with Crippen LogP contribution < -0.4 is 5.32 Å². The lowest BCUT2D eigenvalue weighted by atomic mass is 9.92. The normalized spacial score (nSPS) is 25.9. The molecule has 0 aromatic carbocycles. The van der Waals surface area contributed by atoms with Gasteiger partial charge in [0.05, 0.1) is 5.54 Å². The molecule has 1 saturated heterocycles. The minimum atomic E-state index is -0.277. The first-order valence-electron chi connectivity index (χ1n) is 6.62. The van der Waals surface area contributed by atoms with Crippen molar-refractivity contribution in [1.29, 1.82) is 0 Å². The van der Waals surface area contributed by atoms with Crippen molar-refractivity contribution in [3.63, 3.8) is 0 Å². The van der Waals surface area contributed by atoms with E-state index in [-0.39, 0.29) is 5.54 Å². The van der Waals surface area contributed by atoms with Gasteiger partial charge in [0.15, 0.2) is 0 Å². The van der Waals surface area contributed by atoms with Crippen molar-refractivity contribution in [2.75, 3.05) is 25.6 Å². The van der Waals surface area contributed by atoms with Crippen LogP contribution in [0, 0.1) is 0 Å². The van der Waals surface area contributed by atoms with Crippen LogP contribution in [0.1, 0.15) is 39.5 Å². The highest BCUT2D eigenvalue weighted by Gasteiger charge is 2.41. The van der Waals surface area contributed by atoms with Gasteiger partial charge in [0.1, 0.15) is 0 Å². The molecular formula is C13H26N2OS. The molecule has 1 aliphatic rings. The number of likely N-dealkylation sites (N-methyl/N-ethyl adjacent to an activating group) is 1. The highest BCUT2D eigenvalue weighted by atomic mass is 32.2. The lowest BCUT2D eigenvalue weighted by Crippen LogP contribution is -2.56. The van der Waals surface area contributed by atoms with Crippen LogP contribution in [0.5, 0.6) is 0 Å². The lowest BCUT2D eigenvalue weighted by molar-refractivity contribution is -0.138. The number of nitrogens with one attached hydrogen (secondary N) is 1. The molecule has 2 unspecified atom stereocenters. The molecule has 1 aliphatic heterocycles. The van der Waals surface area contributed by atoms with Crippen molar-refractivity contribution in [3.05, 3.63) is 0 Å². The van der Waals surface area contributed by atoms with Crippen molar-refractivity contribution in [2.24, 2.45) is 0 Å². The Morgan fingerprint density at radius 1 is 1.53 bits per heavy atom. The maximum atomic E-state index is 12.6. The zero-order valence-electron chi connectivity index (χ0n) is 11.6. The molecule has 1 amide bonds. The van der Waals surface area contributed by atoms with Gasteiger partial charge < -0.3 is 10.2 Å². The highest BCUT2D eigenvalue weighted by Crippen LogP contribution is 2.26. The number of thioether (sulfide) groups is 1. The molecule has 1 fully saturated rings. The second kappa shape index (κ2) is 6.64. The van der Waals surface area contributed by atoms with Crippen LogP contribution in [0.25, 0.3) is 0 Å². The van der Waals surface area contributed by atoms with Gasteiger partial charge in [0.2, 0.25) is 5.91 Å². The summed E-state index contributed by atoms with van der Waals surface area (Å²) in [5, 5.41) is 3.42. The topological polar surface area (TPSA) is 32.3 Å². The smallest absolute Gasteiger partial charge is 0.242 e. The largest absolute Gasteiger partial charge is 0.340 e. The van der Waals surface area contributed by atoms with E-state index in [1.807, 2.05) is 23.7 Å². The fourth-order valence-electron chi connectivity index (χ4n) is 2.64. The number of amides is 1. The number of hydrogen-bond donors (Lipinski definition) is 1. The Kier molecular flexibility index (Phi) is 5.80. The van der Waals surface area contributed by atoms with Gasteiger partial charge in [-0.1, -0.05) is 13.8 Å². The molecule has 0 radical (unpaired) electrons. The van der Waals surface area contributed by atoms with Gasteiger partial charge in [-0.25, -0.2) is 0 Å². The molecular weight excluding hydrogens is 232 g/mol. The number of rotatable bonds is 6. The minimum absolute atomic E-state index is 0.277. The Hall–Kier alpha value is -0.220. The fourth-order valence-corrected chi connectivity index (χ4v) is 3.49. The van der Waals surface area contributed by atoms with Crippen molar-refractivity contribution in [2.45, 2.75) is 51.1 Å². The third kappa shape index (κ3) is 3.16. The molecule has 3 nitrogen and oxygen atoms in total. The number of carbonyl (C=O) groups is 1. The molecule has 1 rings (SSSR count). The molecule has 0 aromatic rings. The third-order valence-corrected chi connectivity index (χ3v) is 4.67. The molecule has 0 aromatic heterocycles. The summed E-state index contributed by atoms with van der Waals surface area (Å²) >= 11 is 1.81. The van der Waals surface area contributed by atoms with Crippen LogP contribution in [0.4, 0.5) is 0 Å². The Labute approximate surface area is 110 Å². The van der Waals surface area contributed by atoms with Gasteiger partial charge in [-0.15, -0.1) is 0 Å². The van der Waals surface area contributed by atoms with E-state index in [9.17, 15) is 4.79 Å². The van der Waals surface area contributed by atoms with Crippen LogP contribution >= 0.6 is 11.8 Å². The van der Waals surface area contributed by atoms with Gasteiger partial charge in [-0.3, -0.25) is 4.79 Å². The summed E-state index contributed by atoms with van der Waals surface area (Å²) in [6.45, 7) is 5.25. The van der Waals surface area contributed by atoms with Gasteiger partial charge in [-0.05, 0) is 38.5 Å². The second-order valence-corrected chi connectivity index (χ2v) is 5.81. The Bertz CT molecular complexity index is 252. The highest BCUT2D eigenvalue weighted by molar-refractivity contribution is 7.98. The molecule has 100 valence electrons. The van der Waals surface area contributed by atoms with E-state index in [4.69, 9.17) is 0 Å². The molecule has 0 spiro atoms. The number of hydrogen-bond acceptors (Lipinski definition) is 3. The summed E-state index contributed by atoms with van der Waals surface area (Å²) in [7, 11) is 1.96. The van der Waals surface area contributed by atoms with E-state index in [0.29, 0.717) is 11.9 Å².